The molecule has 21 heavy (non-hydrogen) atoms. The van der Waals surface area contributed by atoms with Gasteiger partial charge in [0.2, 0.25) is 5.91 Å². The number of aliphatic imine (C=N–C) groups is 1. The van der Waals surface area contributed by atoms with Crippen molar-refractivity contribution in [3.8, 4) is 0 Å². The van der Waals surface area contributed by atoms with Crippen LogP contribution in [0.25, 0.3) is 0 Å². The maximum Gasteiger partial charge on any atom is 0.272 e. The smallest absolute Gasteiger partial charge is 0.272 e. The molecule has 0 saturated heterocycles. The third kappa shape index (κ3) is 3.55. The number of carbonyl (C=O) groups excluding carboxylic acids is 2. The molecule has 2 aliphatic rings. The fourth-order valence-electron chi connectivity index (χ4n) is 2.44. The number of nitrogens with one attached hydrogen (secondary N) is 1. The second-order valence-electron chi connectivity index (χ2n) is 6.14. The Labute approximate surface area is 124 Å². The first kappa shape index (κ1) is 15.4. The van der Waals surface area contributed by atoms with E-state index in [2.05, 4.69) is 31.1 Å². The summed E-state index contributed by atoms with van der Waals surface area (Å²) >= 11 is 0. The minimum atomic E-state index is -0.346. The first-order valence-corrected chi connectivity index (χ1v) is 6.84. The summed E-state index contributed by atoms with van der Waals surface area (Å²) in [5.41, 5.74) is 2.24. The van der Waals surface area contributed by atoms with Crippen molar-refractivity contribution in [1.29, 1.82) is 0 Å². The molecule has 0 bridgehead atoms. The standard InChI is InChI=1S/C16H20N2O3/c1-16(2,3)12-8-14(19)18-13-7-10(5-6-11(12)13)17-15(20)9-21-4/h5-8,11H,9H2,1-4H3,(H,18,19). The van der Waals surface area contributed by atoms with E-state index >= 15 is 0 Å². The molecule has 0 aromatic rings. The van der Waals surface area contributed by atoms with Crippen LogP contribution in [0, 0.1) is 11.3 Å². The highest BCUT2D eigenvalue weighted by Crippen LogP contribution is 2.38. The van der Waals surface area contributed by atoms with E-state index < -0.39 is 0 Å². The third-order valence-corrected chi connectivity index (χ3v) is 3.37. The van der Waals surface area contributed by atoms with Gasteiger partial charge in [0, 0.05) is 24.8 Å². The molecule has 0 spiro atoms. The summed E-state index contributed by atoms with van der Waals surface area (Å²) in [6, 6.07) is 0. The number of carbonyl (C=O) groups is 2. The van der Waals surface area contributed by atoms with Crippen LogP contribution in [0.4, 0.5) is 0 Å². The lowest BCUT2D eigenvalue weighted by atomic mass is 9.74. The Balaban J connectivity index is 2.31. The van der Waals surface area contributed by atoms with Gasteiger partial charge in [0.25, 0.3) is 5.91 Å². The molecule has 1 unspecified atom stereocenters. The van der Waals surface area contributed by atoms with Gasteiger partial charge in [-0.15, -0.1) is 0 Å². The fraction of sp³-hybridized carbons (Fsp3) is 0.438. The molecule has 1 heterocycles. The van der Waals surface area contributed by atoms with E-state index in [1.54, 1.807) is 18.2 Å². The van der Waals surface area contributed by atoms with Gasteiger partial charge in [-0.2, -0.15) is 0 Å². The van der Waals surface area contributed by atoms with Gasteiger partial charge in [0.15, 0.2) is 0 Å². The maximum atomic E-state index is 11.8. The molecular weight excluding hydrogens is 268 g/mol. The van der Waals surface area contributed by atoms with Crippen LogP contribution in [0.2, 0.25) is 0 Å². The molecule has 1 aliphatic carbocycles. The highest BCUT2D eigenvalue weighted by molar-refractivity contribution is 6.11. The average Bonchev–Trinajstić information content (AvgIpc) is 2.36. The van der Waals surface area contributed by atoms with Crippen molar-refractivity contribution in [3.63, 3.8) is 0 Å². The molecule has 0 aromatic heterocycles. The number of ether oxygens (including phenoxy) is 1. The Morgan fingerprint density at radius 2 is 2.10 bits per heavy atom. The van der Waals surface area contributed by atoms with E-state index in [-0.39, 0.29) is 29.8 Å². The minimum Gasteiger partial charge on any atom is -0.375 e. The second kappa shape index (κ2) is 5.77. The molecule has 5 nitrogen and oxygen atoms in total. The number of hydrogen-bond donors (Lipinski definition) is 1. The second-order valence-corrected chi connectivity index (χ2v) is 6.14. The number of fused-ring (bicyclic) bond motifs is 1. The molecule has 2 rings (SSSR count). The molecule has 0 radical (unpaired) electrons. The van der Waals surface area contributed by atoms with E-state index in [1.807, 2.05) is 6.08 Å². The fourth-order valence-corrected chi connectivity index (χ4v) is 2.44. The van der Waals surface area contributed by atoms with E-state index in [0.29, 0.717) is 5.71 Å². The zero-order valence-corrected chi connectivity index (χ0v) is 12.8. The molecule has 2 amide bonds. The number of hydrogen-bond acceptors (Lipinski definition) is 3. The van der Waals surface area contributed by atoms with Crippen molar-refractivity contribution < 1.29 is 14.3 Å². The summed E-state index contributed by atoms with van der Waals surface area (Å²) in [6.07, 6.45) is 7.17. The van der Waals surface area contributed by atoms with Crippen molar-refractivity contribution in [1.82, 2.24) is 5.32 Å². The maximum absolute atomic E-state index is 11.8. The van der Waals surface area contributed by atoms with Gasteiger partial charge >= 0.3 is 0 Å². The number of rotatable bonds is 2. The number of allylic oxidation sites excluding steroid dienone is 3. The van der Waals surface area contributed by atoms with Gasteiger partial charge in [-0.25, -0.2) is 4.99 Å². The normalized spacial score (nSPS) is 23.3. The molecule has 1 N–H and O–H groups in total. The monoisotopic (exact) mass is 288 g/mol. The molecular formula is C16H20N2O3. The topological polar surface area (TPSA) is 67.8 Å². The van der Waals surface area contributed by atoms with Gasteiger partial charge in [-0.1, -0.05) is 26.8 Å². The summed E-state index contributed by atoms with van der Waals surface area (Å²) in [6.45, 7) is 6.18. The van der Waals surface area contributed by atoms with Crippen LogP contribution in [0.3, 0.4) is 0 Å². The first-order chi connectivity index (χ1) is 9.81. The lowest BCUT2D eigenvalue weighted by molar-refractivity contribution is -0.121. The highest BCUT2D eigenvalue weighted by atomic mass is 16.5. The lowest BCUT2D eigenvalue weighted by Gasteiger charge is -2.34. The van der Waals surface area contributed by atoms with Crippen LogP contribution in [0.1, 0.15) is 20.8 Å². The number of methoxy groups -OCH3 is 1. The van der Waals surface area contributed by atoms with Crippen LogP contribution < -0.4 is 5.32 Å². The molecule has 5 heteroatoms. The predicted octanol–water partition coefficient (Wildman–Crippen LogP) is 1.77. The zero-order chi connectivity index (χ0) is 15.6. The predicted molar refractivity (Wildman–Crippen MR) is 80.7 cm³/mol. The molecule has 0 fully saturated rings. The van der Waals surface area contributed by atoms with Gasteiger partial charge < -0.3 is 10.1 Å². The van der Waals surface area contributed by atoms with Crippen molar-refractivity contribution >= 4 is 17.5 Å². The Bertz CT molecular complexity index is 589. The van der Waals surface area contributed by atoms with Gasteiger partial charge in [0.1, 0.15) is 6.61 Å². The van der Waals surface area contributed by atoms with Crippen LogP contribution in [0.5, 0.6) is 0 Å². The largest absolute Gasteiger partial charge is 0.375 e. The van der Waals surface area contributed by atoms with Crippen LogP contribution in [0.15, 0.2) is 40.6 Å². The lowest BCUT2D eigenvalue weighted by Crippen LogP contribution is -2.36. The summed E-state index contributed by atoms with van der Waals surface area (Å²) in [5, 5.41) is 2.83. The SMILES string of the molecule is COCC(=O)N=C1C=CC2C(=C1)NC(=O)C=C2C(C)(C)C. The Kier molecular flexibility index (Phi) is 4.23. The summed E-state index contributed by atoms with van der Waals surface area (Å²) in [7, 11) is 1.45. The Morgan fingerprint density at radius 3 is 2.71 bits per heavy atom. The summed E-state index contributed by atoms with van der Waals surface area (Å²) in [5.74, 6) is -0.458. The van der Waals surface area contributed by atoms with E-state index in [4.69, 9.17) is 4.74 Å². The van der Waals surface area contributed by atoms with Crippen molar-refractivity contribution in [2.45, 2.75) is 20.8 Å². The van der Waals surface area contributed by atoms with E-state index in [9.17, 15) is 9.59 Å². The Hall–Kier alpha value is -2.01. The molecule has 1 aliphatic heterocycles. The average molecular weight is 288 g/mol. The van der Waals surface area contributed by atoms with Crippen molar-refractivity contribution in [2.75, 3.05) is 13.7 Å². The van der Waals surface area contributed by atoms with Gasteiger partial charge in [0.05, 0.1) is 5.71 Å². The number of amides is 2. The molecule has 112 valence electrons. The van der Waals surface area contributed by atoms with Crippen LogP contribution in [-0.4, -0.2) is 31.2 Å². The zero-order valence-electron chi connectivity index (χ0n) is 12.8. The highest BCUT2D eigenvalue weighted by Gasteiger charge is 2.32. The van der Waals surface area contributed by atoms with Gasteiger partial charge in [-0.3, -0.25) is 9.59 Å². The first-order valence-electron chi connectivity index (χ1n) is 6.84. The van der Waals surface area contributed by atoms with Crippen molar-refractivity contribution in [2.24, 2.45) is 16.3 Å². The molecule has 0 aromatic carbocycles. The van der Waals surface area contributed by atoms with E-state index in [0.717, 1.165) is 11.3 Å². The Morgan fingerprint density at radius 1 is 1.38 bits per heavy atom. The quantitative estimate of drug-likeness (QED) is 0.842. The van der Waals surface area contributed by atoms with Crippen LogP contribution in [-0.2, 0) is 14.3 Å². The molecule has 1 atom stereocenters. The van der Waals surface area contributed by atoms with Gasteiger partial charge in [-0.05, 0) is 23.1 Å². The minimum absolute atomic E-state index is 0.0270. The van der Waals surface area contributed by atoms with E-state index in [1.165, 1.54) is 7.11 Å². The van der Waals surface area contributed by atoms with Crippen molar-refractivity contribution in [3.05, 3.63) is 35.6 Å². The third-order valence-electron chi connectivity index (χ3n) is 3.37. The number of nitrogens with zero attached hydrogens (tertiary/aromatic N) is 1. The summed E-state index contributed by atoms with van der Waals surface area (Å²) < 4.78 is 4.75. The van der Waals surface area contributed by atoms with Crippen LogP contribution >= 0.6 is 0 Å². The molecule has 0 saturated carbocycles. The summed E-state index contributed by atoms with van der Waals surface area (Å²) in [4.78, 5) is 27.3.